The highest BCUT2D eigenvalue weighted by Gasteiger charge is 2.21. The number of likely N-dealkylation sites (N-methyl/N-ethyl adjacent to an activating group) is 1. The average Bonchev–Trinajstić information content (AvgIpc) is 2.93. The van der Waals surface area contributed by atoms with Crippen LogP contribution < -0.4 is 4.90 Å². The molecule has 1 aromatic carbocycles. The maximum Gasteiger partial charge on any atom is 0.161 e. The molecule has 0 saturated carbocycles. The molecule has 3 aromatic rings. The van der Waals surface area contributed by atoms with Crippen LogP contribution >= 0.6 is 0 Å². The minimum absolute atomic E-state index is 0.963. The Labute approximate surface area is 148 Å². The first-order valence-corrected chi connectivity index (χ1v) is 8.90. The monoisotopic (exact) mass is 335 g/mol. The number of hydrogen-bond donors (Lipinski definition) is 0. The number of rotatable bonds is 2. The molecule has 1 fully saturated rings. The largest absolute Gasteiger partial charge is 0.354 e. The topological polar surface area (TPSA) is 36.7 Å². The Morgan fingerprint density at radius 2 is 1.60 bits per heavy atom. The summed E-state index contributed by atoms with van der Waals surface area (Å²) in [5.41, 5.74) is 6.58. The Hall–Kier alpha value is -2.40. The molecule has 0 aliphatic carbocycles. The number of benzene rings is 1. The summed E-state index contributed by atoms with van der Waals surface area (Å²) in [6.07, 6.45) is 0. The highest BCUT2D eigenvalue weighted by molar-refractivity contribution is 5.72. The summed E-state index contributed by atoms with van der Waals surface area (Å²) >= 11 is 0. The molecule has 3 heterocycles. The van der Waals surface area contributed by atoms with Gasteiger partial charge in [-0.2, -0.15) is 9.61 Å². The molecule has 5 heteroatoms. The molecule has 5 nitrogen and oxygen atoms in total. The molecule has 0 amide bonds. The van der Waals surface area contributed by atoms with Gasteiger partial charge in [-0.05, 0) is 27.8 Å². The van der Waals surface area contributed by atoms with Crippen molar-refractivity contribution in [3.05, 3.63) is 47.2 Å². The molecule has 1 aliphatic rings. The van der Waals surface area contributed by atoms with Gasteiger partial charge >= 0.3 is 0 Å². The van der Waals surface area contributed by atoms with Crippen molar-refractivity contribution < 1.29 is 0 Å². The predicted octanol–water partition coefficient (Wildman–Crippen LogP) is 3.07. The van der Waals surface area contributed by atoms with Crippen LogP contribution in [0.2, 0.25) is 0 Å². The minimum atomic E-state index is 0.963. The second-order valence-corrected chi connectivity index (χ2v) is 7.12. The molecule has 0 atom stereocenters. The minimum Gasteiger partial charge on any atom is -0.354 e. The SMILES string of the molecule is Cc1ccc(-c2nn3c(N4CCN(C)CC4)cc(C)nc3c2C)cc1. The molecule has 0 N–H and O–H groups in total. The van der Waals surface area contributed by atoms with Crippen LogP contribution in [0, 0.1) is 20.8 Å². The van der Waals surface area contributed by atoms with Gasteiger partial charge in [0.15, 0.2) is 5.65 Å². The summed E-state index contributed by atoms with van der Waals surface area (Å²) in [6, 6.07) is 10.7. The van der Waals surface area contributed by atoms with Crippen molar-refractivity contribution in [3.63, 3.8) is 0 Å². The smallest absolute Gasteiger partial charge is 0.161 e. The summed E-state index contributed by atoms with van der Waals surface area (Å²) in [6.45, 7) is 10.5. The quantitative estimate of drug-likeness (QED) is 0.721. The van der Waals surface area contributed by atoms with Gasteiger partial charge in [0.1, 0.15) is 5.82 Å². The Balaban J connectivity index is 1.84. The van der Waals surface area contributed by atoms with Crippen molar-refractivity contribution in [1.29, 1.82) is 0 Å². The standard InChI is InChI=1S/C20H25N5/c1-14-5-7-17(8-6-14)19-16(3)20-21-15(2)13-18(25(20)22-19)24-11-9-23(4)10-12-24/h5-8,13H,9-12H2,1-4H3. The van der Waals surface area contributed by atoms with E-state index in [-0.39, 0.29) is 0 Å². The summed E-state index contributed by atoms with van der Waals surface area (Å²) in [7, 11) is 2.18. The maximum atomic E-state index is 4.95. The molecule has 25 heavy (non-hydrogen) atoms. The molecule has 2 aromatic heterocycles. The van der Waals surface area contributed by atoms with Crippen LogP contribution in [0.3, 0.4) is 0 Å². The van der Waals surface area contributed by atoms with Crippen molar-refractivity contribution in [2.75, 3.05) is 38.1 Å². The van der Waals surface area contributed by atoms with Crippen LogP contribution in [-0.4, -0.2) is 52.7 Å². The lowest BCUT2D eigenvalue weighted by Gasteiger charge is -2.34. The first kappa shape index (κ1) is 16.1. The van der Waals surface area contributed by atoms with Gasteiger partial charge in [0, 0.05) is 49.1 Å². The first-order chi connectivity index (χ1) is 12.0. The fraction of sp³-hybridized carbons (Fsp3) is 0.400. The van der Waals surface area contributed by atoms with Crippen molar-refractivity contribution >= 4 is 11.5 Å². The second-order valence-electron chi connectivity index (χ2n) is 7.12. The summed E-state index contributed by atoms with van der Waals surface area (Å²) < 4.78 is 2.03. The zero-order chi connectivity index (χ0) is 17.6. The van der Waals surface area contributed by atoms with Gasteiger partial charge in [-0.3, -0.25) is 0 Å². The lowest BCUT2D eigenvalue weighted by atomic mass is 10.1. The van der Waals surface area contributed by atoms with Crippen LogP contribution in [0.25, 0.3) is 16.9 Å². The second kappa shape index (κ2) is 6.15. The zero-order valence-electron chi connectivity index (χ0n) is 15.5. The molecule has 1 aliphatic heterocycles. The number of anilines is 1. The first-order valence-electron chi connectivity index (χ1n) is 8.90. The van der Waals surface area contributed by atoms with Gasteiger partial charge in [-0.25, -0.2) is 4.98 Å². The number of aryl methyl sites for hydroxylation is 3. The molecule has 0 spiro atoms. The highest BCUT2D eigenvalue weighted by atomic mass is 15.4. The Morgan fingerprint density at radius 1 is 0.920 bits per heavy atom. The number of hydrogen-bond acceptors (Lipinski definition) is 4. The van der Waals surface area contributed by atoms with E-state index >= 15 is 0 Å². The third kappa shape index (κ3) is 2.89. The van der Waals surface area contributed by atoms with Crippen LogP contribution in [-0.2, 0) is 0 Å². The fourth-order valence-electron chi connectivity index (χ4n) is 3.47. The fourth-order valence-corrected chi connectivity index (χ4v) is 3.47. The average molecular weight is 335 g/mol. The lowest BCUT2D eigenvalue weighted by molar-refractivity contribution is 0.311. The van der Waals surface area contributed by atoms with E-state index in [2.05, 4.69) is 68.0 Å². The summed E-state index contributed by atoms with van der Waals surface area (Å²) in [4.78, 5) is 9.57. The number of nitrogens with zero attached hydrogens (tertiary/aromatic N) is 5. The van der Waals surface area contributed by atoms with Gasteiger partial charge in [-0.1, -0.05) is 29.8 Å². The van der Waals surface area contributed by atoms with E-state index in [1.807, 2.05) is 4.52 Å². The van der Waals surface area contributed by atoms with E-state index in [9.17, 15) is 0 Å². The van der Waals surface area contributed by atoms with Gasteiger partial charge < -0.3 is 9.80 Å². The molecule has 4 rings (SSSR count). The number of aromatic nitrogens is 3. The molecular weight excluding hydrogens is 310 g/mol. The van der Waals surface area contributed by atoms with Gasteiger partial charge in [0.25, 0.3) is 0 Å². The molecule has 0 radical (unpaired) electrons. The van der Waals surface area contributed by atoms with Crippen LogP contribution in [0.15, 0.2) is 30.3 Å². The van der Waals surface area contributed by atoms with Crippen molar-refractivity contribution in [2.45, 2.75) is 20.8 Å². The lowest BCUT2D eigenvalue weighted by Crippen LogP contribution is -2.45. The van der Waals surface area contributed by atoms with Crippen LogP contribution in [0.4, 0.5) is 5.82 Å². The zero-order valence-corrected chi connectivity index (χ0v) is 15.5. The summed E-state index contributed by atoms with van der Waals surface area (Å²) in [5.74, 6) is 1.15. The third-order valence-electron chi connectivity index (χ3n) is 5.08. The Kier molecular flexibility index (Phi) is 3.96. The third-order valence-corrected chi connectivity index (χ3v) is 5.08. The van der Waals surface area contributed by atoms with E-state index in [0.29, 0.717) is 0 Å². The molecule has 1 saturated heterocycles. The van der Waals surface area contributed by atoms with Crippen molar-refractivity contribution in [2.24, 2.45) is 0 Å². The predicted molar refractivity (Wildman–Crippen MR) is 102 cm³/mol. The van der Waals surface area contributed by atoms with E-state index in [0.717, 1.165) is 60.2 Å². The van der Waals surface area contributed by atoms with E-state index in [1.54, 1.807) is 0 Å². The number of fused-ring (bicyclic) bond motifs is 1. The van der Waals surface area contributed by atoms with E-state index < -0.39 is 0 Å². The maximum absolute atomic E-state index is 4.95. The van der Waals surface area contributed by atoms with Crippen LogP contribution in [0.5, 0.6) is 0 Å². The Morgan fingerprint density at radius 3 is 2.28 bits per heavy atom. The molecule has 0 bridgehead atoms. The number of piperazine rings is 1. The summed E-state index contributed by atoms with van der Waals surface area (Å²) in [5, 5.41) is 4.95. The van der Waals surface area contributed by atoms with Gasteiger partial charge in [0.2, 0.25) is 0 Å². The van der Waals surface area contributed by atoms with E-state index in [1.165, 1.54) is 5.56 Å². The molecule has 0 unspecified atom stereocenters. The van der Waals surface area contributed by atoms with Gasteiger partial charge in [-0.15, -0.1) is 0 Å². The molecule has 130 valence electrons. The van der Waals surface area contributed by atoms with Crippen molar-refractivity contribution in [1.82, 2.24) is 19.5 Å². The van der Waals surface area contributed by atoms with E-state index in [4.69, 9.17) is 10.1 Å². The van der Waals surface area contributed by atoms with Crippen molar-refractivity contribution in [3.8, 4) is 11.3 Å². The van der Waals surface area contributed by atoms with Crippen LogP contribution in [0.1, 0.15) is 16.8 Å². The van der Waals surface area contributed by atoms with Gasteiger partial charge in [0.05, 0.1) is 5.69 Å². The normalized spacial score (nSPS) is 15.9. The Bertz CT molecular complexity index is 902. The highest BCUT2D eigenvalue weighted by Crippen LogP contribution is 2.28. The molecular formula is C20H25N5.